The molecule has 23 heavy (non-hydrogen) atoms. The summed E-state index contributed by atoms with van der Waals surface area (Å²) >= 11 is 0. The van der Waals surface area contributed by atoms with Gasteiger partial charge in [-0.3, -0.25) is 19.7 Å². The topological polar surface area (TPSA) is 66.3 Å². The molecule has 0 bridgehead atoms. The van der Waals surface area contributed by atoms with Crippen molar-refractivity contribution in [2.45, 2.75) is 25.8 Å². The molecule has 0 aliphatic carbocycles. The predicted molar refractivity (Wildman–Crippen MR) is 87.0 cm³/mol. The Labute approximate surface area is 136 Å². The molecule has 2 unspecified atom stereocenters. The van der Waals surface area contributed by atoms with Crippen LogP contribution in [0.15, 0.2) is 42.9 Å². The molecule has 3 heterocycles. The molecular weight excluding hydrogens is 290 g/mol. The monoisotopic (exact) mass is 311 g/mol. The van der Waals surface area contributed by atoms with Crippen LogP contribution in [-0.4, -0.2) is 39.0 Å². The molecule has 1 aliphatic heterocycles. The normalized spacial score (nSPS) is 20.1. The fraction of sp³-hybridized carbons (Fsp3) is 0.389. The highest BCUT2D eigenvalue weighted by Gasteiger charge is 2.31. The Balaban J connectivity index is 1.95. The van der Waals surface area contributed by atoms with Crippen LogP contribution in [0.4, 0.5) is 0 Å². The van der Waals surface area contributed by atoms with Crippen LogP contribution in [-0.2, 0) is 4.79 Å². The van der Waals surface area contributed by atoms with Crippen LogP contribution in [0.3, 0.4) is 0 Å². The van der Waals surface area contributed by atoms with Gasteiger partial charge in [0.25, 0.3) is 0 Å². The summed E-state index contributed by atoms with van der Waals surface area (Å²) < 4.78 is 0. The summed E-state index contributed by atoms with van der Waals surface area (Å²) in [6.45, 7) is 3.45. The molecule has 0 spiro atoms. The Morgan fingerprint density at radius 2 is 2.09 bits per heavy atom. The molecule has 2 aromatic rings. The third-order valence-corrected chi connectivity index (χ3v) is 4.40. The number of hydrogen-bond donors (Lipinski definition) is 1. The second-order valence-corrected chi connectivity index (χ2v) is 6.12. The highest BCUT2D eigenvalue weighted by atomic mass is 16.4. The van der Waals surface area contributed by atoms with Crippen molar-refractivity contribution >= 4 is 5.97 Å². The number of aryl methyl sites for hydroxylation is 1. The quantitative estimate of drug-likeness (QED) is 0.940. The van der Waals surface area contributed by atoms with Crippen molar-refractivity contribution in [2.24, 2.45) is 5.92 Å². The minimum absolute atomic E-state index is 0.0271. The molecule has 1 fully saturated rings. The van der Waals surface area contributed by atoms with E-state index in [9.17, 15) is 9.90 Å². The van der Waals surface area contributed by atoms with Gasteiger partial charge in [-0.2, -0.15) is 0 Å². The van der Waals surface area contributed by atoms with Crippen LogP contribution in [0.5, 0.6) is 0 Å². The van der Waals surface area contributed by atoms with Gasteiger partial charge < -0.3 is 5.11 Å². The summed E-state index contributed by atoms with van der Waals surface area (Å²) in [6, 6.07) is 8.02. The van der Waals surface area contributed by atoms with Crippen molar-refractivity contribution in [2.75, 3.05) is 13.1 Å². The van der Waals surface area contributed by atoms with Gasteiger partial charge in [0.15, 0.2) is 0 Å². The Bertz CT molecular complexity index is 658. The van der Waals surface area contributed by atoms with Crippen LogP contribution >= 0.6 is 0 Å². The fourth-order valence-corrected chi connectivity index (χ4v) is 3.20. The first kappa shape index (κ1) is 15.6. The standard InChI is InChI=1S/C18H21N3O2/c1-13-4-5-16(20-11-13)17(14-6-8-19-9-7-14)21-10-2-3-15(12-21)18(22)23/h4-9,11,15,17H,2-3,10,12H2,1H3,(H,22,23). The maximum Gasteiger partial charge on any atom is 0.307 e. The number of carbonyl (C=O) groups is 1. The van der Waals surface area contributed by atoms with E-state index in [1.54, 1.807) is 12.4 Å². The van der Waals surface area contributed by atoms with Crippen LogP contribution < -0.4 is 0 Å². The number of pyridine rings is 2. The summed E-state index contributed by atoms with van der Waals surface area (Å²) in [5.41, 5.74) is 3.17. The number of hydrogen-bond acceptors (Lipinski definition) is 4. The first-order valence-electron chi connectivity index (χ1n) is 7.94. The number of piperidine rings is 1. The minimum atomic E-state index is -0.708. The zero-order valence-electron chi connectivity index (χ0n) is 13.2. The van der Waals surface area contributed by atoms with Crippen LogP contribution in [0.25, 0.3) is 0 Å². The van der Waals surface area contributed by atoms with Gasteiger partial charge in [-0.25, -0.2) is 0 Å². The van der Waals surface area contributed by atoms with Gasteiger partial charge in [0, 0.05) is 25.1 Å². The SMILES string of the molecule is Cc1ccc(C(c2ccncc2)N2CCCC(C(=O)O)C2)nc1. The molecule has 1 N–H and O–H groups in total. The average Bonchev–Trinajstić information content (AvgIpc) is 2.58. The van der Waals surface area contributed by atoms with Gasteiger partial charge in [-0.15, -0.1) is 0 Å². The first-order chi connectivity index (χ1) is 11.1. The van der Waals surface area contributed by atoms with Gasteiger partial charge in [0.05, 0.1) is 17.7 Å². The molecule has 3 rings (SSSR count). The summed E-state index contributed by atoms with van der Waals surface area (Å²) in [6.07, 6.45) is 7.05. The Hall–Kier alpha value is -2.27. The zero-order chi connectivity index (χ0) is 16.2. The van der Waals surface area contributed by atoms with E-state index < -0.39 is 5.97 Å². The Morgan fingerprint density at radius 1 is 1.30 bits per heavy atom. The lowest BCUT2D eigenvalue weighted by molar-refractivity contribution is -0.143. The molecule has 0 radical (unpaired) electrons. The van der Waals surface area contributed by atoms with Gasteiger partial charge in [-0.1, -0.05) is 6.07 Å². The summed E-state index contributed by atoms with van der Waals surface area (Å²) in [4.78, 5) is 22.3. The average molecular weight is 311 g/mol. The maximum atomic E-state index is 11.4. The van der Waals surface area contributed by atoms with Crippen LogP contribution in [0, 0.1) is 12.8 Å². The number of likely N-dealkylation sites (tertiary alicyclic amines) is 1. The van der Waals surface area contributed by atoms with Crippen molar-refractivity contribution in [3.05, 3.63) is 59.7 Å². The van der Waals surface area contributed by atoms with E-state index in [2.05, 4.69) is 20.9 Å². The number of nitrogens with zero attached hydrogens (tertiary/aromatic N) is 3. The number of carboxylic acid groups (broad SMARTS) is 1. The lowest BCUT2D eigenvalue weighted by Crippen LogP contribution is -2.41. The van der Waals surface area contributed by atoms with Crippen molar-refractivity contribution in [1.29, 1.82) is 0 Å². The molecule has 1 aliphatic rings. The molecule has 2 atom stereocenters. The van der Waals surface area contributed by atoms with E-state index in [1.165, 1.54) is 0 Å². The number of carboxylic acids is 1. The lowest BCUT2D eigenvalue weighted by atomic mass is 9.93. The van der Waals surface area contributed by atoms with Crippen molar-refractivity contribution in [3.8, 4) is 0 Å². The summed E-state index contributed by atoms with van der Waals surface area (Å²) in [5, 5.41) is 9.36. The highest BCUT2D eigenvalue weighted by molar-refractivity contribution is 5.70. The fourth-order valence-electron chi connectivity index (χ4n) is 3.20. The zero-order valence-corrected chi connectivity index (χ0v) is 13.2. The minimum Gasteiger partial charge on any atom is -0.481 e. The number of aromatic nitrogens is 2. The Morgan fingerprint density at radius 3 is 2.74 bits per heavy atom. The number of aliphatic carboxylic acids is 1. The molecule has 0 aromatic carbocycles. The highest BCUT2D eigenvalue weighted by Crippen LogP contribution is 2.31. The molecule has 5 nitrogen and oxygen atoms in total. The molecular formula is C18H21N3O2. The predicted octanol–water partition coefficient (Wildman–Crippen LogP) is 2.67. The molecule has 120 valence electrons. The third kappa shape index (κ3) is 3.56. The lowest BCUT2D eigenvalue weighted by Gasteiger charge is -2.37. The molecule has 1 saturated heterocycles. The van der Waals surface area contributed by atoms with E-state index in [-0.39, 0.29) is 12.0 Å². The largest absolute Gasteiger partial charge is 0.481 e. The molecule has 5 heteroatoms. The van der Waals surface area contributed by atoms with Gasteiger partial charge >= 0.3 is 5.97 Å². The second-order valence-electron chi connectivity index (χ2n) is 6.12. The number of rotatable bonds is 4. The van der Waals surface area contributed by atoms with E-state index in [0.29, 0.717) is 6.54 Å². The summed E-state index contributed by atoms with van der Waals surface area (Å²) in [5.74, 6) is -1.02. The van der Waals surface area contributed by atoms with E-state index >= 15 is 0 Å². The third-order valence-electron chi connectivity index (χ3n) is 4.40. The van der Waals surface area contributed by atoms with Crippen LogP contribution in [0.2, 0.25) is 0 Å². The Kier molecular flexibility index (Phi) is 4.67. The first-order valence-corrected chi connectivity index (χ1v) is 7.94. The van der Waals surface area contributed by atoms with E-state index in [0.717, 1.165) is 36.2 Å². The van der Waals surface area contributed by atoms with Gasteiger partial charge in [0.2, 0.25) is 0 Å². The molecule has 0 saturated carbocycles. The van der Waals surface area contributed by atoms with E-state index in [4.69, 9.17) is 0 Å². The smallest absolute Gasteiger partial charge is 0.307 e. The molecule has 0 amide bonds. The second kappa shape index (κ2) is 6.87. The van der Waals surface area contributed by atoms with Crippen molar-refractivity contribution in [1.82, 2.24) is 14.9 Å². The summed E-state index contributed by atoms with van der Waals surface area (Å²) in [7, 11) is 0. The van der Waals surface area contributed by atoms with Gasteiger partial charge in [0.1, 0.15) is 0 Å². The maximum absolute atomic E-state index is 11.4. The van der Waals surface area contributed by atoms with Gasteiger partial charge in [-0.05, 0) is 55.6 Å². The molecule has 2 aromatic heterocycles. The van der Waals surface area contributed by atoms with Crippen molar-refractivity contribution < 1.29 is 9.90 Å². The van der Waals surface area contributed by atoms with Crippen LogP contribution in [0.1, 0.15) is 35.7 Å². The van der Waals surface area contributed by atoms with E-state index in [1.807, 2.05) is 31.3 Å². The van der Waals surface area contributed by atoms with Crippen molar-refractivity contribution in [3.63, 3.8) is 0 Å².